The Morgan fingerprint density at radius 2 is 1.81 bits per heavy atom. The first-order chi connectivity index (χ1) is 15.1. The molecule has 0 saturated carbocycles. The number of anilines is 1. The van der Waals surface area contributed by atoms with Gasteiger partial charge < -0.3 is 15.0 Å². The van der Waals surface area contributed by atoms with Gasteiger partial charge in [0.1, 0.15) is 17.4 Å². The molecule has 3 aromatic carbocycles. The fraction of sp³-hybridized carbons (Fsp3) is 0.0769. The number of aromatic nitrogens is 1. The fourth-order valence-corrected chi connectivity index (χ4v) is 3.43. The number of aryl methyl sites for hydroxylation is 1. The van der Waals surface area contributed by atoms with Gasteiger partial charge in [0, 0.05) is 22.2 Å². The van der Waals surface area contributed by atoms with Crippen LogP contribution in [0, 0.1) is 18.3 Å². The number of methoxy groups -OCH3 is 1. The van der Waals surface area contributed by atoms with Gasteiger partial charge in [-0.3, -0.25) is 4.79 Å². The Bertz CT molecular complexity index is 1310. The third-order valence-corrected chi connectivity index (χ3v) is 5.07. The topological polar surface area (TPSA) is 77.9 Å². The predicted molar refractivity (Wildman–Crippen MR) is 124 cm³/mol. The minimum absolute atomic E-state index is 0.0153. The fourth-order valence-electron chi connectivity index (χ4n) is 3.43. The van der Waals surface area contributed by atoms with Crippen LogP contribution in [0.25, 0.3) is 28.2 Å². The molecule has 0 fully saturated rings. The van der Waals surface area contributed by atoms with Crippen molar-refractivity contribution in [1.29, 1.82) is 5.26 Å². The summed E-state index contributed by atoms with van der Waals surface area (Å²) in [5, 5.41) is 13.4. The summed E-state index contributed by atoms with van der Waals surface area (Å²) in [5.41, 5.74) is 5.19. The zero-order valence-corrected chi connectivity index (χ0v) is 17.3. The van der Waals surface area contributed by atoms with Crippen LogP contribution in [0.3, 0.4) is 0 Å². The molecule has 0 saturated heterocycles. The summed E-state index contributed by atoms with van der Waals surface area (Å²) in [6.45, 7) is 1.97. The van der Waals surface area contributed by atoms with Gasteiger partial charge in [0.2, 0.25) is 0 Å². The van der Waals surface area contributed by atoms with E-state index in [9.17, 15) is 10.1 Å². The number of rotatable bonds is 5. The second kappa shape index (κ2) is 8.60. The van der Waals surface area contributed by atoms with E-state index in [-0.39, 0.29) is 5.57 Å². The van der Waals surface area contributed by atoms with E-state index in [1.165, 1.54) is 0 Å². The molecular weight excluding hydrogens is 386 g/mol. The molecule has 5 heteroatoms. The van der Waals surface area contributed by atoms with Crippen molar-refractivity contribution in [3.63, 3.8) is 0 Å². The maximum atomic E-state index is 12.8. The average molecular weight is 407 g/mol. The van der Waals surface area contributed by atoms with E-state index >= 15 is 0 Å². The highest BCUT2D eigenvalue weighted by Gasteiger charge is 2.16. The number of H-pyrrole nitrogens is 1. The summed E-state index contributed by atoms with van der Waals surface area (Å²) < 4.78 is 5.38. The number of fused-ring (bicyclic) bond motifs is 1. The number of amides is 1. The molecule has 0 aliphatic rings. The summed E-state index contributed by atoms with van der Waals surface area (Å²) in [6.07, 6.45) is 1.63. The first-order valence-electron chi connectivity index (χ1n) is 9.84. The minimum atomic E-state index is -0.456. The molecule has 0 spiro atoms. The van der Waals surface area contributed by atoms with E-state index in [4.69, 9.17) is 4.74 Å². The highest BCUT2D eigenvalue weighted by atomic mass is 16.5. The molecule has 4 rings (SSSR count). The highest BCUT2D eigenvalue weighted by Crippen LogP contribution is 2.34. The van der Waals surface area contributed by atoms with E-state index in [0.29, 0.717) is 11.4 Å². The highest BCUT2D eigenvalue weighted by molar-refractivity contribution is 6.12. The number of hydrogen-bond donors (Lipinski definition) is 2. The van der Waals surface area contributed by atoms with Crippen LogP contribution in [0.5, 0.6) is 5.75 Å². The van der Waals surface area contributed by atoms with Crippen LogP contribution in [0.2, 0.25) is 0 Å². The molecule has 152 valence electrons. The van der Waals surface area contributed by atoms with Crippen LogP contribution < -0.4 is 10.1 Å². The molecule has 1 amide bonds. The molecule has 0 unspecified atom stereocenters. The first-order valence-corrected chi connectivity index (χ1v) is 9.84. The second-order valence-corrected chi connectivity index (χ2v) is 7.18. The van der Waals surface area contributed by atoms with Gasteiger partial charge in [-0.2, -0.15) is 5.26 Å². The van der Waals surface area contributed by atoms with Gasteiger partial charge in [0.05, 0.1) is 12.8 Å². The summed E-state index contributed by atoms with van der Waals surface area (Å²) in [4.78, 5) is 16.2. The smallest absolute Gasteiger partial charge is 0.266 e. The number of ether oxygens (including phenoxy) is 1. The van der Waals surface area contributed by atoms with Crippen molar-refractivity contribution < 1.29 is 9.53 Å². The van der Waals surface area contributed by atoms with Crippen LogP contribution in [-0.4, -0.2) is 18.0 Å². The van der Waals surface area contributed by atoms with Gasteiger partial charge in [-0.25, -0.2) is 0 Å². The third-order valence-electron chi connectivity index (χ3n) is 5.07. The van der Waals surface area contributed by atoms with Gasteiger partial charge >= 0.3 is 0 Å². The number of carbonyl (C=O) groups excluding carboxylic acids is 1. The zero-order chi connectivity index (χ0) is 21.8. The molecule has 0 aliphatic heterocycles. The van der Waals surface area contributed by atoms with Gasteiger partial charge in [-0.05, 0) is 48.9 Å². The van der Waals surface area contributed by atoms with Gasteiger partial charge in [-0.15, -0.1) is 0 Å². The maximum absolute atomic E-state index is 12.8. The van der Waals surface area contributed by atoms with E-state index < -0.39 is 5.91 Å². The maximum Gasteiger partial charge on any atom is 0.266 e. The van der Waals surface area contributed by atoms with E-state index in [1.54, 1.807) is 13.2 Å². The van der Waals surface area contributed by atoms with Crippen LogP contribution in [0.4, 0.5) is 5.69 Å². The van der Waals surface area contributed by atoms with Crippen molar-refractivity contribution >= 4 is 28.6 Å². The lowest BCUT2D eigenvalue weighted by atomic mass is 10.0. The molecular formula is C26H21N3O2. The van der Waals surface area contributed by atoms with Crippen molar-refractivity contribution in [1.82, 2.24) is 4.98 Å². The molecule has 0 radical (unpaired) electrons. The predicted octanol–water partition coefficient (Wildman–Crippen LogP) is 5.70. The lowest BCUT2D eigenvalue weighted by Gasteiger charge is -2.06. The normalized spacial score (nSPS) is 11.2. The summed E-state index contributed by atoms with van der Waals surface area (Å²) in [5.74, 6) is 0.242. The third kappa shape index (κ3) is 4.19. The summed E-state index contributed by atoms with van der Waals surface area (Å²) in [6, 6.07) is 25.0. The van der Waals surface area contributed by atoms with Crippen LogP contribution >= 0.6 is 0 Å². The number of hydrogen-bond acceptors (Lipinski definition) is 3. The lowest BCUT2D eigenvalue weighted by molar-refractivity contribution is -0.112. The Labute approximate surface area is 180 Å². The van der Waals surface area contributed by atoms with Crippen molar-refractivity contribution in [2.45, 2.75) is 6.92 Å². The molecule has 0 atom stereocenters. The molecule has 1 aromatic heterocycles. The molecule has 1 heterocycles. The number of nitriles is 1. The Hall–Kier alpha value is -4.30. The van der Waals surface area contributed by atoms with Crippen molar-refractivity contribution in [2.24, 2.45) is 0 Å². The molecule has 2 N–H and O–H groups in total. The largest absolute Gasteiger partial charge is 0.497 e. The summed E-state index contributed by atoms with van der Waals surface area (Å²) >= 11 is 0. The number of nitrogens with one attached hydrogen (secondary N) is 2. The number of nitrogens with zero attached hydrogens (tertiary/aromatic N) is 1. The summed E-state index contributed by atoms with van der Waals surface area (Å²) in [7, 11) is 1.61. The Morgan fingerprint density at radius 1 is 1.06 bits per heavy atom. The van der Waals surface area contributed by atoms with Crippen LogP contribution in [0.1, 0.15) is 11.1 Å². The lowest BCUT2D eigenvalue weighted by Crippen LogP contribution is -2.13. The quantitative estimate of drug-likeness (QED) is 0.329. The Morgan fingerprint density at radius 3 is 2.48 bits per heavy atom. The van der Waals surface area contributed by atoms with Gasteiger partial charge in [0.25, 0.3) is 5.91 Å². The van der Waals surface area contributed by atoms with Gasteiger partial charge in [-0.1, -0.05) is 48.0 Å². The van der Waals surface area contributed by atoms with Crippen LogP contribution in [-0.2, 0) is 4.79 Å². The average Bonchev–Trinajstić information content (AvgIpc) is 3.16. The van der Waals surface area contributed by atoms with Gasteiger partial charge in [0.15, 0.2) is 0 Å². The molecule has 31 heavy (non-hydrogen) atoms. The molecule has 0 aliphatic carbocycles. The van der Waals surface area contributed by atoms with E-state index in [2.05, 4.69) is 10.3 Å². The minimum Gasteiger partial charge on any atom is -0.497 e. The molecule has 4 aromatic rings. The van der Waals surface area contributed by atoms with Crippen molar-refractivity contribution in [2.75, 3.05) is 12.4 Å². The Balaban J connectivity index is 1.82. The SMILES string of the molecule is COc1ccc2[nH]c(-c3ccccc3)c(/C=C(\C#N)C(=O)Nc3ccc(C)cc3)c2c1. The van der Waals surface area contributed by atoms with Crippen molar-refractivity contribution in [3.05, 3.63) is 89.5 Å². The second-order valence-electron chi connectivity index (χ2n) is 7.18. The van der Waals surface area contributed by atoms with E-state index in [1.807, 2.05) is 85.8 Å². The monoisotopic (exact) mass is 407 g/mol. The first kappa shape index (κ1) is 20.0. The molecule has 0 bridgehead atoms. The zero-order valence-electron chi connectivity index (χ0n) is 17.3. The molecule has 5 nitrogen and oxygen atoms in total. The standard InChI is InChI=1S/C26H21N3O2/c1-17-8-10-20(11-9-17)28-26(30)19(16-27)14-23-22-15-21(31-2)12-13-24(22)29-25(23)18-6-4-3-5-7-18/h3-15,29H,1-2H3,(H,28,30)/b19-14+. The van der Waals surface area contributed by atoms with Crippen LogP contribution in [0.15, 0.2) is 78.4 Å². The number of aromatic amines is 1. The number of benzene rings is 3. The van der Waals surface area contributed by atoms with Crippen molar-refractivity contribution in [3.8, 4) is 23.1 Å². The Kier molecular flexibility index (Phi) is 5.55. The number of carbonyl (C=O) groups is 1. The van der Waals surface area contributed by atoms with E-state index in [0.717, 1.165) is 33.3 Å².